The second-order valence-electron chi connectivity index (χ2n) is 2.08. The van der Waals surface area contributed by atoms with Gasteiger partial charge in [0.05, 0.1) is 15.5 Å². The molecule has 70 valence electrons. The van der Waals surface area contributed by atoms with Gasteiger partial charge in [-0.15, -0.1) is 0 Å². The van der Waals surface area contributed by atoms with Crippen LogP contribution in [0.5, 0.6) is 0 Å². The van der Waals surface area contributed by atoms with Gasteiger partial charge < -0.3 is 0 Å². The molecule has 0 saturated carbocycles. The van der Waals surface area contributed by atoms with Gasteiger partial charge in [0.1, 0.15) is 5.82 Å². The highest BCUT2D eigenvalue weighted by molar-refractivity contribution is 9.10. The van der Waals surface area contributed by atoms with Gasteiger partial charge in [-0.25, -0.2) is 8.78 Å². The molecule has 0 N–H and O–H groups in total. The van der Waals surface area contributed by atoms with Crippen LogP contribution in [0, 0.1) is 27.6 Å². The summed E-state index contributed by atoms with van der Waals surface area (Å²) in [5.74, 6) is -4.50. The molecule has 1 aromatic carbocycles. The maximum absolute atomic E-state index is 12.7. The van der Waals surface area contributed by atoms with Crippen molar-refractivity contribution in [3.8, 4) is 0 Å². The lowest BCUT2D eigenvalue weighted by Gasteiger charge is -1.98. The Balaban J connectivity index is 3.50. The van der Waals surface area contributed by atoms with Gasteiger partial charge >= 0.3 is 5.69 Å². The van der Waals surface area contributed by atoms with E-state index in [1.807, 2.05) is 0 Å². The van der Waals surface area contributed by atoms with Gasteiger partial charge in [-0.3, -0.25) is 10.1 Å². The monoisotopic (exact) mass is 255 g/mol. The number of nitrogens with zero attached hydrogens (tertiary/aromatic N) is 1. The Morgan fingerprint density at radius 2 is 1.85 bits per heavy atom. The molecular weight excluding hydrogens is 255 g/mol. The third-order valence-electron chi connectivity index (χ3n) is 1.28. The summed E-state index contributed by atoms with van der Waals surface area (Å²) in [6.07, 6.45) is 0. The van der Waals surface area contributed by atoms with Gasteiger partial charge in [0, 0.05) is 0 Å². The van der Waals surface area contributed by atoms with Crippen LogP contribution in [-0.4, -0.2) is 4.92 Å². The minimum absolute atomic E-state index is 0.308. The molecule has 0 fully saturated rings. The Hall–Kier alpha value is -1.11. The first kappa shape index (κ1) is 9.97. The highest BCUT2D eigenvalue weighted by Gasteiger charge is 2.24. The quantitative estimate of drug-likeness (QED) is 0.335. The van der Waals surface area contributed by atoms with E-state index in [1.54, 1.807) is 0 Å². The second kappa shape index (κ2) is 3.33. The fourth-order valence-corrected chi connectivity index (χ4v) is 0.982. The van der Waals surface area contributed by atoms with Crippen molar-refractivity contribution in [2.24, 2.45) is 0 Å². The minimum atomic E-state index is -1.68. The van der Waals surface area contributed by atoms with Gasteiger partial charge in [-0.1, -0.05) is 0 Å². The lowest BCUT2D eigenvalue weighted by atomic mass is 10.3. The van der Waals surface area contributed by atoms with Crippen molar-refractivity contribution in [2.75, 3.05) is 0 Å². The summed E-state index contributed by atoms with van der Waals surface area (Å²) in [5.41, 5.74) is -1.22. The lowest BCUT2D eigenvalue weighted by Crippen LogP contribution is -1.98. The smallest absolute Gasteiger partial charge is 0.258 e. The molecule has 1 aromatic rings. The van der Waals surface area contributed by atoms with Crippen LogP contribution in [0.4, 0.5) is 18.9 Å². The topological polar surface area (TPSA) is 43.1 Å². The first-order valence-corrected chi connectivity index (χ1v) is 3.72. The van der Waals surface area contributed by atoms with Crippen LogP contribution in [0.1, 0.15) is 0 Å². The van der Waals surface area contributed by atoms with Crippen LogP contribution in [0.2, 0.25) is 0 Å². The molecule has 3 nitrogen and oxygen atoms in total. The van der Waals surface area contributed by atoms with Crippen molar-refractivity contribution in [1.82, 2.24) is 0 Å². The van der Waals surface area contributed by atoms with Crippen LogP contribution in [0.25, 0.3) is 0 Å². The van der Waals surface area contributed by atoms with Gasteiger partial charge in [0.2, 0.25) is 5.82 Å². The summed E-state index contributed by atoms with van der Waals surface area (Å²) in [4.78, 5) is 8.85. The number of halogens is 4. The van der Waals surface area contributed by atoms with Crippen molar-refractivity contribution in [2.45, 2.75) is 0 Å². The lowest BCUT2D eigenvalue weighted by molar-refractivity contribution is -0.388. The molecule has 0 heterocycles. The highest BCUT2D eigenvalue weighted by atomic mass is 79.9. The highest BCUT2D eigenvalue weighted by Crippen LogP contribution is 2.28. The normalized spacial score (nSPS) is 10.2. The summed E-state index contributed by atoms with van der Waals surface area (Å²) in [6.45, 7) is 0. The predicted molar refractivity (Wildman–Crippen MR) is 40.7 cm³/mol. The Bertz CT molecular complexity index is 383. The molecule has 7 heteroatoms. The SMILES string of the molecule is O=[N+]([O-])c1cc(F)c(Br)c(F)c1F. The van der Waals surface area contributed by atoms with E-state index in [9.17, 15) is 23.3 Å². The largest absolute Gasteiger partial charge is 0.310 e. The van der Waals surface area contributed by atoms with Gasteiger partial charge in [0.15, 0.2) is 5.82 Å². The molecule has 0 amide bonds. The first-order valence-electron chi connectivity index (χ1n) is 2.92. The van der Waals surface area contributed by atoms with E-state index in [4.69, 9.17) is 0 Å². The van der Waals surface area contributed by atoms with Crippen molar-refractivity contribution < 1.29 is 18.1 Å². The van der Waals surface area contributed by atoms with E-state index in [0.29, 0.717) is 6.07 Å². The zero-order valence-corrected chi connectivity index (χ0v) is 7.44. The fourth-order valence-electron chi connectivity index (χ4n) is 0.693. The fraction of sp³-hybridized carbons (Fsp3) is 0. The molecule has 0 atom stereocenters. The van der Waals surface area contributed by atoms with Crippen molar-refractivity contribution in [1.29, 1.82) is 0 Å². The molecule has 0 spiro atoms. The Labute approximate surface area is 78.4 Å². The van der Waals surface area contributed by atoms with E-state index in [2.05, 4.69) is 15.9 Å². The van der Waals surface area contributed by atoms with Crippen molar-refractivity contribution >= 4 is 21.6 Å². The number of rotatable bonds is 1. The van der Waals surface area contributed by atoms with Crippen LogP contribution in [0.15, 0.2) is 10.5 Å². The predicted octanol–water partition coefficient (Wildman–Crippen LogP) is 2.77. The molecule has 0 aliphatic rings. The summed E-state index contributed by atoms with van der Waals surface area (Å²) in [6, 6.07) is 0.308. The average molecular weight is 256 g/mol. The number of benzene rings is 1. The van der Waals surface area contributed by atoms with Crippen molar-refractivity contribution in [3.63, 3.8) is 0 Å². The van der Waals surface area contributed by atoms with Gasteiger partial charge in [-0.05, 0) is 15.9 Å². The Morgan fingerprint density at radius 3 is 2.31 bits per heavy atom. The Kier molecular flexibility index (Phi) is 2.55. The van der Waals surface area contributed by atoms with Crippen LogP contribution in [-0.2, 0) is 0 Å². The van der Waals surface area contributed by atoms with Crippen LogP contribution >= 0.6 is 15.9 Å². The molecule has 1 rings (SSSR count). The third kappa shape index (κ3) is 1.64. The minimum Gasteiger partial charge on any atom is -0.258 e. The molecule has 0 bridgehead atoms. The average Bonchev–Trinajstić information content (AvgIpc) is 2.07. The summed E-state index contributed by atoms with van der Waals surface area (Å²) in [7, 11) is 0. The zero-order chi connectivity index (χ0) is 10.2. The molecule has 0 aliphatic carbocycles. The maximum Gasteiger partial charge on any atom is 0.310 e. The standard InChI is InChI=1S/C6HBrF3NO2/c7-4-2(8)1-3(11(12)13)5(9)6(4)10/h1H. The first-order chi connectivity index (χ1) is 5.95. The molecule has 0 aromatic heterocycles. The van der Waals surface area contributed by atoms with E-state index in [0.717, 1.165) is 0 Å². The molecule has 13 heavy (non-hydrogen) atoms. The number of hydrogen-bond donors (Lipinski definition) is 0. The van der Waals surface area contributed by atoms with E-state index in [1.165, 1.54) is 0 Å². The molecule has 0 unspecified atom stereocenters. The summed E-state index contributed by atoms with van der Waals surface area (Å²) >= 11 is 2.40. The number of nitro groups is 1. The van der Waals surface area contributed by atoms with Gasteiger partial charge in [0.25, 0.3) is 0 Å². The molecule has 0 saturated heterocycles. The molecule has 0 aliphatic heterocycles. The van der Waals surface area contributed by atoms with Crippen molar-refractivity contribution in [3.05, 3.63) is 38.1 Å². The molecular formula is C6HBrF3NO2. The van der Waals surface area contributed by atoms with E-state index < -0.39 is 32.5 Å². The second-order valence-corrected chi connectivity index (χ2v) is 2.87. The van der Waals surface area contributed by atoms with E-state index >= 15 is 0 Å². The van der Waals surface area contributed by atoms with E-state index in [-0.39, 0.29) is 0 Å². The summed E-state index contributed by atoms with van der Waals surface area (Å²) < 4.78 is 37.2. The zero-order valence-electron chi connectivity index (χ0n) is 5.85. The van der Waals surface area contributed by atoms with Gasteiger partial charge in [-0.2, -0.15) is 4.39 Å². The third-order valence-corrected chi connectivity index (χ3v) is 2.01. The maximum atomic E-state index is 12.7. The van der Waals surface area contributed by atoms with Crippen LogP contribution in [0.3, 0.4) is 0 Å². The Morgan fingerprint density at radius 1 is 1.31 bits per heavy atom. The number of hydrogen-bond acceptors (Lipinski definition) is 2. The summed E-state index contributed by atoms with van der Waals surface area (Å²) in [5, 5.41) is 10.1. The number of nitro benzene ring substituents is 1. The molecule has 0 radical (unpaired) electrons. The van der Waals surface area contributed by atoms with Crippen LogP contribution < -0.4 is 0 Å².